The van der Waals surface area contributed by atoms with E-state index in [2.05, 4.69) is 10.6 Å². The molecule has 0 aliphatic carbocycles. The van der Waals surface area contributed by atoms with Crippen LogP contribution in [0, 0.1) is 11.8 Å². The number of hydrogen-bond donors (Lipinski definition) is 3. The molecule has 0 fully saturated rings. The Kier molecular flexibility index (Phi) is 8.95. The van der Waals surface area contributed by atoms with Crippen molar-refractivity contribution in [2.45, 2.75) is 40.2 Å². The van der Waals surface area contributed by atoms with Crippen LogP contribution in [0.4, 0.5) is 4.79 Å². The molecule has 0 aromatic rings. The molecule has 19 heavy (non-hydrogen) atoms. The fourth-order valence-electron chi connectivity index (χ4n) is 1.67. The standard InChI is InChI=1S/C13H26N2O4/c1-5-19-8-10(4)15-13(18)14-7-11(12(16)17)6-9(2)3/h9-11H,5-8H2,1-4H3,(H,16,17)(H2,14,15,18). The lowest BCUT2D eigenvalue weighted by atomic mass is 9.97. The quantitative estimate of drug-likeness (QED) is 0.594. The van der Waals surface area contributed by atoms with Crippen molar-refractivity contribution in [2.75, 3.05) is 19.8 Å². The van der Waals surface area contributed by atoms with Gasteiger partial charge < -0.3 is 20.5 Å². The van der Waals surface area contributed by atoms with E-state index in [1.165, 1.54) is 0 Å². The first kappa shape index (κ1) is 17.7. The van der Waals surface area contributed by atoms with Gasteiger partial charge in [-0.05, 0) is 26.2 Å². The summed E-state index contributed by atoms with van der Waals surface area (Å²) < 4.78 is 5.18. The second-order valence-corrected chi connectivity index (χ2v) is 5.08. The molecule has 0 saturated heterocycles. The molecule has 2 unspecified atom stereocenters. The molecule has 2 atom stereocenters. The van der Waals surface area contributed by atoms with Gasteiger partial charge in [-0.3, -0.25) is 4.79 Å². The summed E-state index contributed by atoms with van der Waals surface area (Å²) in [7, 11) is 0. The van der Waals surface area contributed by atoms with Gasteiger partial charge in [-0.1, -0.05) is 13.8 Å². The molecule has 0 radical (unpaired) electrons. The predicted molar refractivity (Wildman–Crippen MR) is 73.1 cm³/mol. The number of carboxylic acid groups (broad SMARTS) is 1. The summed E-state index contributed by atoms with van der Waals surface area (Å²) >= 11 is 0. The summed E-state index contributed by atoms with van der Waals surface area (Å²) in [5, 5.41) is 14.3. The largest absolute Gasteiger partial charge is 0.481 e. The number of amides is 2. The zero-order chi connectivity index (χ0) is 14.8. The number of nitrogens with one attached hydrogen (secondary N) is 2. The van der Waals surface area contributed by atoms with Crippen molar-refractivity contribution < 1.29 is 19.4 Å². The minimum atomic E-state index is -0.878. The van der Waals surface area contributed by atoms with Crippen LogP contribution in [0.25, 0.3) is 0 Å². The van der Waals surface area contributed by atoms with E-state index in [1.807, 2.05) is 27.7 Å². The monoisotopic (exact) mass is 274 g/mol. The van der Waals surface area contributed by atoms with Gasteiger partial charge in [-0.25, -0.2) is 4.79 Å². The molecule has 0 saturated carbocycles. The van der Waals surface area contributed by atoms with Crippen LogP contribution in [0.5, 0.6) is 0 Å². The van der Waals surface area contributed by atoms with Crippen molar-refractivity contribution >= 4 is 12.0 Å². The van der Waals surface area contributed by atoms with Crippen LogP contribution >= 0.6 is 0 Å². The summed E-state index contributed by atoms with van der Waals surface area (Å²) in [5.74, 6) is -1.15. The van der Waals surface area contributed by atoms with E-state index in [4.69, 9.17) is 9.84 Å². The first-order chi connectivity index (χ1) is 8.86. The Balaban J connectivity index is 4.01. The summed E-state index contributed by atoms with van der Waals surface area (Å²) in [6.07, 6.45) is 0.546. The zero-order valence-corrected chi connectivity index (χ0v) is 12.2. The number of rotatable bonds is 9. The molecular formula is C13H26N2O4. The predicted octanol–water partition coefficient (Wildman–Crippen LogP) is 1.46. The number of carbonyl (C=O) groups is 2. The number of hydrogen-bond acceptors (Lipinski definition) is 3. The Bertz CT molecular complexity index is 282. The number of carbonyl (C=O) groups excluding carboxylic acids is 1. The van der Waals surface area contributed by atoms with E-state index < -0.39 is 11.9 Å². The average molecular weight is 274 g/mol. The van der Waals surface area contributed by atoms with Crippen LogP contribution in [0.15, 0.2) is 0 Å². The van der Waals surface area contributed by atoms with E-state index in [1.54, 1.807) is 0 Å². The molecule has 112 valence electrons. The lowest BCUT2D eigenvalue weighted by molar-refractivity contribution is -0.142. The van der Waals surface area contributed by atoms with Crippen molar-refractivity contribution in [1.82, 2.24) is 10.6 Å². The number of carboxylic acids is 1. The lowest BCUT2D eigenvalue weighted by Gasteiger charge is -2.18. The molecule has 6 nitrogen and oxygen atoms in total. The van der Waals surface area contributed by atoms with E-state index in [-0.39, 0.29) is 24.5 Å². The third-order valence-electron chi connectivity index (χ3n) is 2.56. The topological polar surface area (TPSA) is 87.7 Å². The van der Waals surface area contributed by atoms with E-state index in [0.717, 1.165) is 0 Å². The molecule has 0 rings (SSSR count). The highest BCUT2D eigenvalue weighted by atomic mass is 16.5. The van der Waals surface area contributed by atoms with Gasteiger partial charge in [0, 0.05) is 13.2 Å². The third-order valence-corrected chi connectivity index (χ3v) is 2.56. The zero-order valence-electron chi connectivity index (χ0n) is 12.2. The second-order valence-electron chi connectivity index (χ2n) is 5.08. The van der Waals surface area contributed by atoms with Crippen LogP contribution < -0.4 is 10.6 Å². The van der Waals surface area contributed by atoms with Gasteiger partial charge in [-0.2, -0.15) is 0 Å². The Morgan fingerprint density at radius 2 is 1.89 bits per heavy atom. The van der Waals surface area contributed by atoms with Gasteiger partial charge in [0.05, 0.1) is 18.6 Å². The van der Waals surface area contributed by atoms with Crippen LogP contribution in [-0.2, 0) is 9.53 Å². The normalized spacial score (nSPS) is 13.9. The van der Waals surface area contributed by atoms with Gasteiger partial charge in [0.2, 0.25) is 0 Å². The molecule has 0 aliphatic rings. The Labute approximate surface area is 114 Å². The molecule has 0 heterocycles. The van der Waals surface area contributed by atoms with Crippen molar-refractivity contribution in [3.63, 3.8) is 0 Å². The molecule has 2 amide bonds. The fraction of sp³-hybridized carbons (Fsp3) is 0.846. The Morgan fingerprint density at radius 3 is 2.37 bits per heavy atom. The van der Waals surface area contributed by atoms with E-state index in [0.29, 0.717) is 19.6 Å². The number of urea groups is 1. The second kappa shape index (κ2) is 9.61. The molecule has 0 bridgehead atoms. The molecule has 0 aliphatic heterocycles. The van der Waals surface area contributed by atoms with Gasteiger partial charge in [0.1, 0.15) is 0 Å². The maximum Gasteiger partial charge on any atom is 0.315 e. The minimum absolute atomic E-state index is 0.103. The van der Waals surface area contributed by atoms with Crippen molar-refractivity contribution in [2.24, 2.45) is 11.8 Å². The first-order valence-corrected chi connectivity index (χ1v) is 6.71. The minimum Gasteiger partial charge on any atom is -0.481 e. The highest BCUT2D eigenvalue weighted by Gasteiger charge is 2.19. The summed E-state index contributed by atoms with van der Waals surface area (Å²) in [6.45, 7) is 8.82. The van der Waals surface area contributed by atoms with Crippen LogP contribution in [0.3, 0.4) is 0 Å². The highest BCUT2D eigenvalue weighted by Crippen LogP contribution is 2.10. The van der Waals surface area contributed by atoms with Gasteiger partial charge in [0.25, 0.3) is 0 Å². The molecule has 0 spiro atoms. The maximum atomic E-state index is 11.6. The van der Waals surface area contributed by atoms with E-state index in [9.17, 15) is 9.59 Å². The van der Waals surface area contributed by atoms with Gasteiger partial charge in [0.15, 0.2) is 0 Å². The summed E-state index contributed by atoms with van der Waals surface area (Å²) in [4.78, 5) is 22.6. The van der Waals surface area contributed by atoms with Crippen LogP contribution in [0.2, 0.25) is 0 Å². The van der Waals surface area contributed by atoms with E-state index >= 15 is 0 Å². The van der Waals surface area contributed by atoms with Crippen LogP contribution in [0.1, 0.15) is 34.1 Å². The lowest BCUT2D eigenvalue weighted by Crippen LogP contribution is -2.45. The van der Waals surface area contributed by atoms with Gasteiger partial charge in [-0.15, -0.1) is 0 Å². The average Bonchev–Trinajstić information content (AvgIpc) is 2.31. The molecular weight excluding hydrogens is 248 g/mol. The Hall–Kier alpha value is -1.30. The van der Waals surface area contributed by atoms with Gasteiger partial charge >= 0.3 is 12.0 Å². The molecule has 0 aromatic heterocycles. The molecule has 0 aromatic carbocycles. The third kappa shape index (κ3) is 9.30. The molecule has 3 N–H and O–H groups in total. The summed E-state index contributed by atoms with van der Waals surface area (Å²) in [6, 6.07) is -0.462. The van der Waals surface area contributed by atoms with Crippen molar-refractivity contribution in [1.29, 1.82) is 0 Å². The highest BCUT2D eigenvalue weighted by molar-refractivity contribution is 5.76. The van der Waals surface area contributed by atoms with Crippen LogP contribution in [-0.4, -0.2) is 42.9 Å². The smallest absolute Gasteiger partial charge is 0.315 e. The Morgan fingerprint density at radius 1 is 1.26 bits per heavy atom. The molecule has 6 heteroatoms. The SMILES string of the molecule is CCOCC(C)NC(=O)NCC(CC(C)C)C(=O)O. The number of aliphatic carboxylic acids is 1. The summed E-state index contributed by atoms with van der Waals surface area (Å²) in [5.41, 5.74) is 0. The first-order valence-electron chi connectivity index (χ1n) is 6.71. The maximum absolute atomic E-state index is 11.6. The number of ether oxygens (including phenoxy) is 1. The fourth-order valence-corrected chi connectivity index (χ4v) is 1.67. The van der Waals surface area contributed by atoms with Crippen molar-refractivity contribution in [3.05, 3.63) is 0 Å². The van der Waals surface area contributed by atoms with Crippen molar-refractivity contribution in [3.8, 4) is 0 Å².